The Morgan fingerprint density at radius 1 is 1.07 bits per heavy atom. The van der Waals surface area contributed by atoms with Crippen molar-refractivity contribution in [2.45, 2.75) is 81.7 Å². The molecule has 2 heterocycles. The molecule has 0 N–H and O–H groups in total. The molecule has 1 aromatic carbocycles. The fourth-order valence-corrected chi connectivity index (χ4v) is 5.13. The molecule has 2 saturated carbocycles. The Labute approximate surface area is 165 Å². The summed E-state index contributed by atoms with van der Waals surface area (Å²) in [6.45, 7) is 1.06. The smallest absolute Gasteiger partial charge is 0.163 e. The molecule has 0 bridgehead atoms. The Balaban J connectivity index is 1.33. The van der Waals surface area contributed by atoms with Gasteiger partial charge in [-0.2, -0.15) is 0 Å². The van der Waals surface area contributed by atoms with Gasteiger partial charge in [0, 0.05) is 5.56 Å². The Kier molecular flexibility index (Phi) is 4.70. The summed E-state index contributed by atoms with van der Waals surface area (Å²) in [6.07, 6.45) is 11.7. The normalized spacial score (nSPS) is 28.6. The molecule has 0 radical (unpaired) electrons. The van der Waals surface area contributed by atoms with Crippen molar-refractivity contribution in [3.05, 3.63) is 41.5 Å². The molecular weight excluding hydrogens is 362 g/mol. The molecule has 1 aromatic heterocycles. The van der Waals surface area contributed by atoms with E-state index in [0.717, 1.165) is 42.8 Å². The van der Waals surface area contributed by atoms with E-state index in [1.54, 1.807) is 6.33 Å². The molecular formula is C21H26ClN3O2. The maximum Gasteiger partial charge on any atom is 0.163 e. The van der Waals surface area contributed by atoms with E-state index in [-0.39, 0.29) is 4.87 Å². The summed E-state index contributed by atoms with van der Waals surface area (Å²) in [5.74, 6) is 0.839. The van der Waals surface area contributed by atoms with E-state index in [4.69, 9.17) is 21.1 Å². The molecule has 5 rings (SSSR count). The molecule has 0 atom stereocenters. The average molecular weight is 388 g/mol. The number of alkyl halides is 1. The van der Waals surface area contributed by atoms with Crippen LogP contribution in [0.25, 0.3) is 5.69 Å². The number of hydrogen-bond donors (Lipinski definition) is 0. The van der Waals surface area contributed by atoms with Crippen LogP contribution >= 0.6 is 11.6 Å². The van der Waals surface area contributed by atoms with Gasteiger partial charge in [0.15, 0.2) is 5.82 Å². The molecule has 0 unspecified atom stereocenters. The third-order valence-corrected chi connectivity index (χ3v) is 6.97. The van der Waals surface area contributed by atoms with Gasteiger partial charge in [-0.15, -0.1) is 21.8 Å². The van der Waals surface area contributed by atoms with E-state index in [9.17, 15) is 0 Å². The van der Waals surface area contributed by atoms with Gasteiger partial charge in [0.1, 0.15) is 12.9 Å². The Morgan fingerprint density at radius 3 is 2.67 bits per heavy atom. The molecule has 2 aliphatic carbocycles. The van der Waals surface area contributed by atoms with Gasteiger partial charge in [-0.3, -0.25) is 4.57 Å². The fraction of sp³-hybridized carbons (Fsp3) is 0.619. The highest BCUT2D eigenvalue weighted by Gasteiger charge is 2.37. The number of fused-ring (bicyclic) bond motifs is 3. The van der Waals surface area contributed by atoms with E-state index in [1.165, 1.54) is 31.2 Å². The zero-order valence-corrected chi connectivity index (χ0v) is 16.3. The summed E-state index contributed by atoms with van der Waals surface area (Å²) in [7, 11) is 0. The summed E-state index contributed by atoms with van der Waals surface area (Å²) >= 11 is 7.12. The molecule has 6 heteroatoms. The van der Waals surface area contributed by atoms with Crippen LogP contribution in [0.3, 0.4) is 0 Å². The van der Waals surface area contributed by atoms with Gasteiger partial charge in [0.05, 0.1) is 29.4 Å². The lowest BCUT2D eigenvalue weighted by molar-refractivity contribution is -0.0309. The van der Waals surface area contributed by atoms with Gasteiger partial charge in [0.25, 0.3) is 0 Å². The second-order valence-electron chi connectivity index (χ2n) is 8.16. The Morgan fingerprint density at radius 2 is 1.85 bits per heavy atom. The number of benzene rings is 1. The topological polar surface area (TPSA) is 49.2 Å². The van der Waals surface area contributed by atoms with Crippen LogP contribution < -0.4 is 0 Å². The molecule has 0 saturated heterocycles. The van der Waals surface area contributed by atoms with Gasteiger partial charge >= 0.3 is 0 Å². The average Bonchev–Trinajstić information content (AvgIpc) is 3.33. The van der Waals surface area contributed by atoms with Gasteiger partial charge < -0.3 is 9.47 Å². The highest BCUT2D eigenvalue weighted by molar-refractivity contribution is 6.24. The first-order valence-corrected chi connectivity index (χ1v) is 10.5. The lowest BCUT2D eigenvalue weighted by Crippen LogP contribution is -2.32. The second kappa shape index (κ2) is 7.19. The quantitative estimate of drug-likeness (QED) is 0.720. The molecule has 3 aliphatic rings. The SMILES string of the molecule is ClC1(c2ccc3c(c2)COCc2nncn2-3)CCC(OC2CCCC2)CC1. The molecule has 2 aromatic rings. The van der Waals surface area contributed by atoms with Crippen molar-refractivity contribution in [2.24, 2.45) is 0 Å². The van der Waals surface area contributed by atoms with E-state index in [2.05, 4.69) is 28.4 Å². The van der Waals surface area contributed by atoms with Crippen LogP contribution in [0.15, 0.2) is 24.5 Å². The summed E-state index contributed by atoms with van der Waals surface area (Å²) in [5.41, 5.74) is 3.44. The minimum atomic E-state index is -0.299. The van der Waals surface area contributed by atoms with Gasteiger partial charge in [-0.05, 0) is 56.2 Å². The molecule has 144 valence electrons. The van der Waals surface area contributed by atoms with E-state index in [1.807, 2.05) is 4.57 Å². The maximum absolute atomic E-state index is 7.12. The van der Waals surface area contributed by atoms with Crippen molar-refractivity contribution in [3.8, 4) is 5.69 Å². The van der Waals surface area contributed by atoms with Crippen LogP contribution in [0.2, 0.25) is 0 Å². The van der Waals surface area contributed by atoms with Crippen LogP contribution in [0.5, 0.6) is 0 Å². The van der Waals surface area contributed by atoms with Crippen LogP contribution in [0.1, 0.15) is 68.3 Å². The molecule has 0 amide bonds. The third-order valence-electron chi connectivity index (χ3n) is 6.38. The van der Waals surface area contributed by atoms with Gasteiger partial charge in [0.2, 0.25) is 0 Å². The number of halogens is 1. The van der Waals surface area contributed by atoms with Gasteiger partial charge in [-0.25, -0.2) is 0 Å². The van der Waals surface area contributed by atoms with Crippen molar-refractivity contribution in [1.29, 1.82) is 0 Å². The predicted molar refractivity (Wildman–Crippen MR) is 103 cm³/mol. The minimum absolute atomic E-state index is 0.299. The second-order valence-corrected chi connectivity index (χ2v) is 8.88. The maximum atomic E-state index is 7.12. The lowest BCUT2D eigenvalue weighted by Gasteiger charge is -2.37. The van der Waals surface area contributed by atoms with Crippen LogP contribution in [-0.2, 0) is 27.6 Å². The first-order chi connectivity index (χ1) is 13.2. The zero-order valence-electron chi connectivity index (χ0n) is 15.6. The predicted octanol–water partition coefficient (Wildman–Crippen LogP) is 4.63. The molecule has 5 nitrogen and oxygen atoms in total. The fourth-order valence-electron chi connectivity index (χ4n) is 4.80. The van der Waals surface area contributed by atoms with E-state index in [0.29, 0.717) is 25.4 Å². The molecule has 1 aliphatic heterocycles. The number of rotatable bonds is 3. The monoisotopic (exact) mass is 387 g/mol. The van der Waals surface area contributed by atoms with Crippen molar-refractivity contribution in [1.82, 2.24) is 14.8 Å². The highest BCUT2D eigenvalue weighted by atomic mass is 35.5. The molecule has 27 heavy (non-hydrogen) atoms. The lowest BCUT2D eigenvalue weighted by atomic mass is 9.81. The zero-order chi connectivity index (χ0) is 18.3. The van der Waals surface area contributed by atoms with E-state index >= 15 is 0 Å². The van der Waals surface area contributed by atoms with Crippen molar-refractivity contribution >= 4 is 11.6 Å². The number of hydrogen-bond acceptors (Lipinski definition) is 4. The van der Waals surface area contributed by atoms with Gasteiger partial charge in [-0.1, -0.05) is 18.9 Å². The van der Waals surface area contributed by atoms with Crippen LogP contribution in [0, 0.1) is 0 Å². The summed E-state index contributed by atoms with van der Waals surface area (Å²) in [4.78, 5) is -0.299. The Hall–Kier alpha value is -1.43. The first-order valence-electron chi connectivity index (χ1n) is 10.2. The van der Waals surface area contributed by atoms with E-state index < -0.39 is 0 Å². The number of nitrogens with zero attached hydrogens (tertiary/aromatic N) is 3. The minimum Gasteiger partial charge on any atom is -0.375 e. The summed E-state index contributed by atoms with van der Waals surface area (Å²) in [6, 6.07) is 6.52. The number of ether oxygens (including phenoxy) is 2. The van der Waals surface area contributed by atoms with Crippen LogP contribution in [-0.4, -0.2) is 27.0 Å². The molecule has 2 fully saturated rings. The number of aromatic nitrogens is 3. The Bertz CT molecular complexity index is 808. The van der Waals surface area contributed by atoms with Crippen LogP contribution in [0.4, 0.5) is 0 Å². The van der Waals surface area contributed by atoms with Crippen molar-refractivity contribution in [2.75, 3.05) is 0 Å². The summed E-state index contributed by atoms with van der Waals surface area (Å²) in [5, 5.41) is 8.15. The largest absolute Gasteiger partial charge is 0.375 e. The standard InChI is InChI=1S/C21H26ClN3O2/c22-21(9-7-18(8-10-21)27-17-3-1-2-4-17)16-5-6-19-15(11-16)12-26-13-20-24-23-14-25(19)20/h5-6,11,14,17-18H,1-4,7-10,12-13H2. The summed E-state index contributed by atoms with van der Waals surface area (Å²) < 4.78 is 14.1. The first kappa shape index (κ1) is 17.7. The highest BCUT2D eigenvalue weighted by Crippen LogP contribution is 2.45. The third kappa shape index (κ3) is 3.41. The molecule has 0 spiro atoms. The van der Waals surface area contributed by atoms with Crippen molar-refractivity contribution < 1.29 is 9.47 Å². The van der Waals surface area contributed by atoms with Crippen molar-refractivity contribution in [3.63, 3.8) is 0 Å².